The largest absolute Gasteiger partial charge is 0.310 e. The highest BCUT2D eigenvalue weighted by Crippen LogP contribution is 2.27. The Labute approximate surface area is 142 Å². The minimum absolute atomic E-state index is 0.421. The van der Waals surface area contributed by atoms with Crippen LogP contribution >= 0.6 is 34.2 Å². The van der Waals surface area contributed by atoms with Crippen molar-refractivity contribution in [2.24, 2.45) is 0 Å². The van der Waals surface area contributed by atoms with E-state index in [0.29, 0.717) is 6.04 Å². The normalized spacial score (nSPS) is 12.3. The highest BCUT2D eigenvalue weighted by molar-refractivity contribution is 14.1. The van der Waals surface area contributed by atoms with Gasteiger partial charge in [0.15, 0.2) is 0 Å². The number of benzene rings is 1. The maximum absolute atomic E-state index is 6.16. The maximum Gasteiger partial charge on any atom is 0.0410 e. The fourth-order valence-electron chi connectivity index (χ4n) is 2.28. The van der Waals surface area contributed by atoms with E-state index in [2.05, 4.69) is 53.5 Å². The number of nitrogens with one attached hydrogen (secondary N) is 1. The molecule has 0 aromatic heterocycles. The Morgan fingerprint density at radius 2 is 2.15 bits per heavy atom. The first-order valence-corrected chi connectivity index (χ1v) is 8.94. The molecule has 0 saturated carbocycles. The second-order valence-corrected chi connectivity index (χ2v) is 6.70. The van der Waals surface area contributed by atoms with E-state index < -0.39 is 0 Å². The first-order chi connectivity index (χ1) is 9.69. The van der Waals surface area contributed by atoms with E-state index in [1.807, 2.05) is 12.1 Å². The van der Waals surface area contributed by atoms with Crippen LogP contribution in [0.4, 0.5) is 0 Å². The van der Waals surface area contributed by atoms with Crippen LogP contribution < -0.4 is 5.32 Å². The molecule has 0 aliphatic heterocycles. The highest BCUT2D eigenvalue weighted by Gasteiger charge is 2.14. The summed E-state index contributed by atoms with van der Waals surface area (Å²) in [6.07, 6.45) is 9.23. The van der Waals surface area contributed by atoms with Crippen molar-refractivity contribution in [3.63, 3.8) is 0 Å². The molecule has 1 aromatic carbocycles. The van der Waals surface area contributed by atoms with Gasteiger partial charge in [-0.3, -0.25) is 0 Å². The number of unbranched alkanes of at least 4 members (excludes halogenated alkanes) is 3. The van der Waals surface area contributed by atoms with E-state index in [4.69, 9.17) is 11.6 Å². The highest BCUT2D eigenvalue weighted by atomic mass is 127. The lowest BCUT2D eigenvalue weighted by Crippen LogP contribution is -2.23. The van der Waals surface area contributed by atoms with Crippen molar-refractivity contribution >= 4 is 34.2 Å². The summed E-state index contributed by atoms with van der Waals surface area (Å²) in [5, 5.41) is 4.49. The van der Waals surface area contributed by atoms with Gasteiger partial charge in [0.2, 0.25) is 0 Å². The van der Waals surface area contributed by atoms with E-state index in [9.17, 15) is 0 Å². The van der Waals surface area contributed by atoms with Crippen LogP contribution in [0.3, 0.4) is 0 Å². The van der Waals surface area contributed by atoms with Gasteiger partial charge < -0.3 is 5.32 Å². The van der Waals surface area contributed by atoms with Crippen molar-refractivity contribution in [1.29, 1.82) is 0 Å². The van der Waals surface area contributed by atoms with Gasteiger partial charge in [-0.25, -0.2) is 0 Å². The Morgan fingerprint density at radius 3 is 2.85 bits per heavy atom. The molecule has 0 aliphatic carbocycles. The second kappa shape index (κ2) is 10.6. The van der Waals surface area contributed by atoms with Gasteiger partial charge in [0.25, 0.3) is 0 Å². The van der Waals surface area contributed by atoms with E-state index in [1.165, 1.54) is 34.8 Å². The molecule has 0 aliphatic rings. The molecule has 112 valence electrons. The number of halogens is 2. The van der Waals surface area contributed by atoms with Crippen LogP contribution in [0, 0.1) is 3.57 Å². The predicted octanol–water partition coefficient (Wildman–Crippen LogP) is 6.12. The van der Waals surface area contributed by atoms with E-state index in [-0.39, 0.29) is 0 Å². The maximum atomic E-state index is 6.16. The minimum Gasteiger partial charge on any atom is -0.310 e. The molecule has 3 heteroatoms. The van der Waals surface area contributed by atoms with E-state index in [0.717, 1.165) is 24.4 Å². The average Bonchev–Trinajstić information content (AvgIpc) is 2.45. The Kier molecular flexibility index (Phi) is 9.57. The third-order valence-electron chi connectivity index (χ3n) is 3.38. The molecule has 0 spiro atoms. The lowest BCUT2D eigenvalue weighted by Gasteiger charge is -2.20. The van der Waals surface area contributed by atoms with Crippen molar-refractivity contribution in [2.45, 2.75) is 51.5 Å². The molecule has 1 atom stereocenters. The van der Waals surface area contributed by atoms with Gasteiger partial charge in [0, 0.05) is 14.6 Å². The monoisotopic (exact) mass is 405 g/mol. The molecule has 20 heavy (non-hydrogen) atoms. The van der Waals surface area contributed by atoms with Crippen LogP contribution in [0.1, 0.15) is 57.1 Å². The summed E-state index contributed by atoms with van der Waals surface area (Å²) < 4.78 is 1.30. The molecule has 0 radical (unpaired) electrons. The van der Waals surface area contributed by atoms with Crippen molar-refractivity contribution in [3.8, 4) is 0 Å². The van der Waals surface area contributed by atoms with Crippen LogP contribution in [0.15, 0.2) is 30.9 Å². The Morgan fingerprint density at radius 1 is 1.35 bits per heavy atom. The fraction of sp³-hybridized carbons (Fsp3) is 0.529. The lowest BCUT2D eigenvalue weighted by atomic mass is 10.00. The topological polar surface area (TPSA) is 12.0 Å². The fourth-order valence-corrected chi connectivity index (χ4v) is 3.17. The molecule has 0 bridgehead atoms. The van der Waals surface area contributed by atoms with Crippen LogP contribution in [-0.2, 0) is 0 Å². The van der Waals surface area contributed by atoms with Gasteiger partial charge in [-0.05, 0) is 78.6 Å². The standard InChI is InChI=1S/C17H25ClIN/c1-3-5-6-7-8-9-17(20-12-4-2)15-13-14(18)10-11-16(15)19/h3,10-11,13,17,20H,1,4-9,12H2,2H3. The van der Waals surface area contributed by atoms with E-state index in [1.54, 1.807) is 0 Å². The lowest BCUT2D eigenvalue weighted by molar-refractivity contribution is 0.470. The zero-order valence-electron chi connectivity index (χ0n) is 12.3. The summed E-state index contributed by atoms with van der Waals surface area (Å²) in [6.45, 7) is 7.04. The zero-order valence-corrected chi connectivity index (χ0v) is 15.2. The Balaban J connectivity index is 2.62. The summed E-state index contributed by atoms with van der Waals surface area (Å²) in [5.74, 6) is 0. The van der Waals surface area contributed by atoms with Crippen LogP contribution in [-0.4, -0.2) is 6.54 Å². The summed E-state index contributed by atoms with van der Waals surface area (Å²) in [6, 6.07) is 6.61. The first kappa shape index (κ1) is 18.0. The first-order valence-electron chi connectivity index (χ1n) is 7.48. The van der Waals surface area contributed by atoms with Crippen LogP contribution in [0.5, 0.6) is 0 Å². The van der Waals surface area contributed by atoms with Crippen molar-refractivity contribution < 1.29 is 0 Å². The summed E-state index contributed by atoms with van der Waals surface area (Å²) in [4.78, 5) is 0. The molecule has 0 fully saturated rings. The third-order valence-corrected chi connectivity index (χ3v) is 4.59. The second-order valence-electron chi connectivity index (χ2n) is 5.10. The Hall–Kier alpha value is -0.0600. The van der Waals surface area contributed by atoms with Gasteiger partial charge in [0.05, 0.1) is 0 Å². The van der Waals surface area contributed by atoms with Gasteiger partial charge in [-0.1, -0.05) is 37.4 Å². The summed E-state index contributed by atoms with van der Waals surface area (Å²) >= 11 is 8.56. The third kappa shape index (κ3) is 6.59. The smallest absolute Gasteiger partial charge is 0.0410 e. The minimum atomic E-state index is 0.421. The molecule has 1 aromatic rings. The van der Waals surface area contributed by atoms with Gasteiger partial charge in [-0.2, -0.15) is 0 Å². The molecular formula is C17H25ClIN. The summed E-state index contributed by atoms with van der Waals surface area (Å²) in [5.41, 5.74) is 1.34. The predicted molar refractivity (Wildman–Crippen MR) is 98.5 cm³/mol. The number of hydrogen-bond acceptors (Lipinski definition) is 1. The molecular weight excluding hydrogens is 381 g/mol. The van der Waals surface area contributed by atoms with Crippen molar-refractivity contribution in [2.75, 3.05) is 6.54 Å². The average molecular weight is 406 g/mol. The molecule has 0 heterocycles. The van der Waals surface area contributed by atoms with Gasteiger partial charge >= 0.3 is 0 Å². The molecule has 1 N–H and O–H groups in total. The van der Waals surface area contributed by atoms with Crippen LogP contribution in [0.2, 0.25) is 5.02 Å². The van der Waals surface area contributed by atoms with Gasteiger partial charge in [-0.15, -0.1) is 6.58 Å². The number of rotatable bonds is 10. The van der Waals surface area contributed by atoms with Crippen molar-refractivity contribution in [1.82, 2.24) is 5.32 Å². The summed E-state index contributed by atoms with van der Waals surface area (Å²) in [7, 11) is 0. The number of hydrogen-bond donors (Lipinski definition) is 1. The molecule has 1 unspecified atom stereocenters. The molecule has 1 nitrogen and oxygen atoms in total. The van der Waals surface area contributed by atoms with Gasteiger partial charge in [0.1, 0.15) is 0 Å². The van der Waals surface area contributed by atoms with E-state index >= 15 is 0 Å². The SMILES string of the molecule is C=CCCCCCC(NCCC)c1cc(Cl)ccc1I. The van der Waals surface area contributed by atoms with Crippen molar-refractivity contribution in [3.05, 3.63) is 45.0 Å². The number of allylic oxidation sites excluding steroid dienone is 1. The quantitative estimate of drug-likeness (QED) is 0.281. The van der Waals surface area contributed by atoms with Crippen LogP contribution in [0.25, 0.3) is 0 Å². The molecule has 0 saturated heterocycles. The molecule has 1 rings (SSSR count). The Bertz CT molecular complexity index is 406. The molecule has 0 amide bonds. The zero-order chi connectivity index (χ0) is 14.8.